The van der Waals surface area contributed by atoms with Crippen LogP contribution < -0.4 is 5.32 Å². The van der Waals surface area contributed by atoms with E-state index < -0.39 is 14.5 Å². The maximum atomic E-state index is 10.5. The van der Waals surface area contributed by atoms with E-state index in [1.807, 2.05) is 0 Å². The van der Waals surface area contributed by atoms with Gasteiger partial charge in [0.1, 0.15) is 0 Å². The first-order chi connectivity index (χ1) is 8.76. The van der Waals surface area contributed by atoms with Gasteiger partial charge in [-0.3, -0.25) is 10.1 Å². The molecule has 1 heterocycles. The molecule has 2 atom stereocenters. The van der Waals surface area contributed by atoms with Crippen molar-refractivity contribution in [1.29, 1.82) is 0 Å². The first-order valence-corrected chi connectivity index (χ1v) is 10.2. The molecule has 1 aliphatic rings. The highest BCUT2D eigenvalue weighted by atomic mass is 28.4. The summed E-state index contributed by atoms with van der Waals surface area (Å²) in [6.45, 7) is 13.0. The van der Waals surface area contributed by atoms with Crippen LogP contribution in [0, 0.1) is 0 Å². The highest BCUT2D eigenvalue weighted by Gasteiger charge is 2.36. The minimum Gasteiger partial charge on any atom is -0.417 e. The Morgan fingerprint density at radius 1 is 1.37 bits per heavy atom. The number of rotatable bonds is 7. The van der Waals surface area contributed by atoms with Gasteiger partial charge in [-0.2, -0.15) is 0 Å². The van der Waals surface area contributed by atoms with Crippen LogP contribution in [0.5, 0.6) is 0 Å². The molecule has 1 N–H and O–H groups in total. The molecule has 112 valence electrons. The predicted octanol–water partition coefficient (Wildman–Crippen LogP) is 2.69. The molecule has 1 saturated heterocycles. The number of unbranched alkanes of at least 4 members (excludes halogenated alkanes) is 1. The van der Waals surface area contributed by atoms with Crippen molar-refractivity contribution in [3.63, 3.8) is 0 Å². The van der Waals surface area contributed by atoms with Crippen LogP contribution in [-0.2, 0) is 14.0 Å². The first-order valence-electron chi connectivity index (χ1n) is 7.24. The van der Waals surface area contributed by atoms with Gasteiger partial charge in [0.2, 0.25) is 0 Å². The number of nitrogens with one attached hydrogen (secondary N) is 1. The van der Waals surface area contributed by atoms with Crippen molar-refractivity contribution in [2.45, 2.75) is 70.5 Å². The third kappa shape index (κ3) is 5.34. The van der Waals surface area contributed by atoms with Gasteiger partial charge in [0, 0.05) is 13.2 Å². The Kier molecular flexibility index (Phi) is 6.17. The fourth-order valence-corrected chi connectivity index (χ4v) is 2.91. The molecule has 0 aliphatic carbocycles. The second kappa shape index (κ2) is 6.97. The number of hydrogen-bond acceptors (Lipinski definition) is 4. The summed E-state index contributed by atoms with van der Waals surface area (Å²) in [5, 5.41) is 3.31. The molecule has 0 aromatic heterocycles. The molecule has 4 nitrogen and oxygen atoms in total. The first kappa shape index (κ1) is 16.8. The van der Waals surface area contributed by atoms with Crippen LogP contribution in [0.1, 0.15) is 40.0 Å². The normalized spacial score (nSPS) is 24.7. The smallest absolute Gasteiger partial charge is 0.191 e. The molecule has 0 amide bonds. The van der Waals surface area contributed by atoms with Crippen molar-refractivity contribution >= 4 is 14.6 Å². The van der Waals surface area contributed by atoms with Crippen molar-refractivity contribution < 1.29 is 14.0 Å². The quantitative estimate of drug-likeness (QED) is 0.444. The van der Waals surface area contributed by atoms with Gasteiger partial charge in [0.25, 0.3) is 0 Å². The molecule has 0 spiro atoms. The van der Waals surface area contributed by atoms with E-state index in [2.05, 4.69) is 39.2 Å². The van der Waals surface area contributed by atoms with Crippen LogP contribution >= 0.6 is 0 Å². The lowest BCUT2D eigenvalue weighted by Crippen LogP contribution is -2.40. The van der Waals surface area contributed by atoms with Crippen LogP contribution in [0.2, 0.25) is 18.1 Å². The molecule has 0 radical (unpaired) electrons. The highest BCUT2D eigenvalue weighted by Crippen LogP contribution is 2.36. The van der Waals surface area contributed by atoms with E-state index in [0.29, 0.717) is 0 Å². The molecule has 5 heteroatoms. The minimum absolute atomic E-state index is 0.183. The van der Waals surface area contributed by atoms with Crippen molar-refractivity contribution in [2.24, 2.45) is 0 Å². The SMILES string of the molecule is CC(C)(C)[Si](C)(C)OCCCCC1CNC(C=O)O1. The van der Waals surface area contributed by atoms with Gasteiger partial charge in [0.15, 0.2) is 20.8 Å². The minimum atomic E-state index is -1.59. The van der Waals surface area contributed by atoms with E-state index in [1.165, 1.54) is 0 Å². The maximum absolute atomic E-state index is 10.5. The summed E-state index contributed by atoms with van der Waals surface area (Å²) < 4.78 is 11.6. The van der Waals surface area contributed by atoms with Crippen LogP contribution in [-0.4, -0.2) is 40.1 Å². The molecular formula is C14H29NO3Si. The molecular weight excluding hydrogens is 258 g/mol. The molecule has 0 bridgehead atoms. The topological polar surface area (TPSA) is 47.6 Å². The monoisotopic (exact) mass is 287 g/mol. The lowest BCUT2D eigenvalue weighted by atomic mass is 10.1. The lowest BCUT2D eigenvalue weighted by molar-refractivity contribution is -0.118. The Hall–Kier alpha value is -0.233. The average Bonchev–Trinajstić information content (AvgIpc) is 2.75. The Morgan fingerprint density at radius 3 is 2.58 bits per heavy atom. The Balaban J connectivity index is 2.10. The van der Waals surface area contributed by atoms with Crippen LogP contribution in [0.4, 0.5) is 0 Å². The van der Waals surface area contributed by atoms with Gasteiger partial charge in [-0.15, -0.1) is 0 Å². The summed E-state index contributed by atoms with van der Waals surface area (Å²) in [5.41, 5.74) is 0. The molecule has 0 saturated carbocycles. The fraction of sp³-hybridized carbons (Fsp3) is 0.929. The Morgan fingerprint density at radius 2 is 2.05 bits per heavy atom. The third-order valence-corrected chi connectivity index (χ3v) is 8.74. The predicted molar refractivity (Wildman–Crippen MR) is 79.7 cm³/mol. The lowest BCUT2D eigenvalue weighted by Gasteiger charge is -2.36. The molecule has 1 fully saturated rings. The zero-order valence-corrected chi connectivity index (χ0v) is 14.0. The van der Waals surface area contributed by atoms with E-state index in [1.54, 1.807) is 0 Å². The fourth-order valence-electron chi connectivity index (χ4n) is 1.82. The molecule has 2 unspecified atom stereocenters. The average molecular weight is 287 g/mol. The summed E-state index contributed by atoms with van der Waals surface area (Å²) >= 11 is 0. The zero-order chi connectivity index (χ0) is 14.5. The van der Waals surface area contributed by atoms with Gasteiger partial charge < -0.3 is 9.16 Å². The van der Waals surface area contributed by atoms with Crippen LogP contribution in [0.3, 0.4) is 0 Å². The van der Waals surface area contributed by atoms with E-state index >= 15 is 0 Å². The van der Waals surface area contributed by atoms with Gasteiger partial charge >= 0.3 is 0 Å². The van der Waals surface area contributed by atoms with Crippen molar-refractivity contribution in [2.75, 3.05) is 13.2 Å². The Labute approximate surface area is 118 Å². The summed E-state index contributed by atoms with van der Waals surface area (Å²) in [4.78, 5) is 10.5. The van der Waals surface area contributed by atoms with Crippen molar-refractivity contribution in [3.8, 4) is 0 Å². The largest absolute Gasteiger partial charge is 0.417 e. The van der Waals surface area contributed by atoms with E-state index in [4.69, 9.17) is 9.16 Å². The number of carbonyl (C=O) groups is 1. The van der Waals surface area contributed by atoms with Crippen LogP contribution in [0.25, 0.3) is 0 Å². The Bertz CT molecular complexity index is 289. The summed E-state index contributed by atoms with van der Waals surface area (Å²) in [7, 11) is -1.59. The zero-order valence-electron chi connectivity index (χ0n) is 13.0. The maximum Gasteiger partial charge on any atom is 0.191 e. The standard InChI is InChI=1S/C14H29NO3Si/c1-14(2,3)19(4,5)17-9-7-6-8-12-10-15-13(11-16)18-12/h11-13,15H,6-10H2,1-5H3. The number of ether oxygens (including phenoxy) is 1. The van der Waals surface area contributed by atoms with Crippen molar-refractivity contribution in [3.05, 3.63) is 0 Å². The van der Waals surface area contributed by atoms with Gasteiger partial charge in [-0.25, -0.2) is 0 Å². The van der Waals surface area contributed by atoms with Gasteiger partial charge in [-0.1, -0.05) is 20.8 Å². The van der Waals surface area contributed by atoms with Crippen molar-refractivity contribution in [1.82, 2.24) is 5.32 Å². The van der Waals surface area contributed by atoms with E-state index in [-0.39, 0.29) is 11.1 Å². The molecule has 0 aromatic carbocycles. The van der Waals surface area contributed by atoms with E-state index in [0.717, 1.165) is 38.7 Å². The number of aldehydes is 1. The summed E-state index contributed by atoms with van der Waals surface area (Å²) in [6.07, 6.45) is 3.76. The number of carbonyl (C=O) groups excluding carboxylic acids is 1. The van der Waals surface area contributed by atoms with E-state index in [9.17, 15) is 4.79 Å². The molecule has 0 aromatic rings. The van der Waals surface area contributed by atoms with Gasteiger partial charge in [-0.05, 0) is 37.4 Å². The summed E-state index contributed by atoms with van der Waals surface area (Å²) in [5.74, 6) is 0. The molecule has 1 aliphatic heterocycles. The second-order valence-electron chi connectivity index (χ2n) is 6.83. The summed E-state index contributed by atoms with van der Waals surface area (Å²) in [6, 6.07) is 0. The molecule has 19 heavy (non-hydrogen) atoms. The highest BCUT2D eigenvalue weighted by molar-refractivity contribution is 6.74. The van der Waals surface area contributed by atoms with Gasteiger partial charge in [0.05, 0.1) is 6.10 Å². The third-order valence-electron chi connectivity index (χ3n) is 4.20. The van der Waals surface area contributed by atoms with Crippen LogP contribution in [0.15, 0.2) is 0 Å². The molecule has 1 rings (SSSR count). The second-order valence-corrected chi connectivity index (χ2v) is 11.6. The number of hydrogen-bond donors (Lipinski definition) is 1.